The molecule has 18 heavy (non-hydrogen) atoms. The van der Waals surface area contributed by atoms with Crippen LogP contribution in [0.5, 0.6) is 0 Å². The highest BCUT2D eigenvalue weighted by Crippen LogP contribution is 2.34. The fourth-order valence-corrected chi connectivity index (χ4v) is 4.39. The van der Waals surface area contributed by atoms with Gasteiger partial charge in [-0.3, -0.25) is 4.90 Å². The first-order chi connectivity index (χ1) is 8.81. The van der Waals surface area contributed by atoms with Crippen LogP contribution < -0.4 is 0 Å². The van der Waals surface area contributed by atoms with Gasteiger partial charge in [0.1, 0.15) is 0 Å². The Morgan fingerprint density at radius 3 is 3.00 bits per heavy atom. The normalized spacial score (nSPS) is 23.8. The van der Waals surface area contributed by atoms with E-state index in [1.54, 1.807) is 10.4 Å². The highest BCUT2D eigenvalue weighted by molar-refractivity contribution is 7.80. The van der Waals surface area contributed by atoms with Crippen LogP contribution in [0.15, 0.2) is 11.4 Å². The summed E-state index contributed by atoms with van der Waals surface area (Å²) in [5.74, 6) is 0.989. The van der Waals surface area contributed by atoms with E-state index in [4.69, 9.17) is 4.74 Å². The third-order valence-corrected chi connectivity index (χ3v) is 6.03. The molecule has 2 aliphatic heterocycles. The highest BCUT2D eigenvalue weighted by Gasteiger charge is 2.34. The van der Waals surface area contributed by atoms with Gasteiger partial charge in [0, 0.05) is 37.7 Å². The summed E-state index contributed by atoms with van der Waals surface area (Å²) in [7, 11) is 0. The average molecular weight is 283 g/mol. The molecule has 1 aromatic heterocycles. The number of hydrogen-bond donors (Lipinski definition) is 1. The van der Waals surface area contributed by atoms with Crippen molar-refractivity contribution in [2.45, 2.75) is 25.8 Å². The van der Waals surface area contributed by atoms with Crippen molar-refractivity contribution in [3.05, 3.63) is 21.9 Å². The lowest BCUT2D eigenvalue weighted by atomic mass is 9.81. The van der Waals surface area contributed by atoms with Gasteiger partial charge in [-0.15, -0.1) is 11.3 Å². The Balaban J connectivity index is 1.66. The third-order valence-electron chi connectivity index (χ3n) is 4.33. The van der Waals surface area contributed by atoms with E-state index in [0.29, 0.717) is 5.41 Å². The van der Waals surface area contributed by atoms with Crippen LogP contribution in [0.1, 0.15) is 23.3 Å². The first kappa shape index (κ1) is 13.0. The topological polar surface area (TPSA) is 12.5 Å². The molecule has 3 heterocycles. The van der Waals surface area contributed by atoms with Gasteiger partial charge in [-0.2, -0.15) is 12.6 Å². The van der Waals surface area contributed by atoms with E-state index in [2.05, 4.69) is 29.0 Å². The van der Waals surface area contributed by atoms with E-state index in [9.17, 15) is 0 Å². The molecule has 0 aliphatic carbocycles. The predicted octanol–water partition coefficient (Wildman–Crippen LogP) is 2.83. The quantitative estimate of drug-likeness (QED) is 0.857. The predicted molar refractivity (Wildman–Crippen MR) is 79.6 cm³/mol. The first-order valence-corrected chi connectivity index (χ1v) is 8.29. The molecular formula is C14H21NOS2. The van der Waals surface area contributed by atoms with Crippen molar-refractivity contribution in [2.75, 3.05) is 32.1 Å². The third kappa shape index (κ3) is 2.62. The maximum atomic E-state index is 5.51. The van der Waals surface area contributed by atoms with Crippen LogP contribution in [0, 0.1) is 5.41 Å². The zero-order valence-corrected chi connectivity index (χ0v) is 12.4. The zero-order valence-electron chi connectivity index (χ0n) is 10.7. The van der Waals surface area contributed by atoms with Gasteiger partial charge >= 0.3 is 0 Å². The molecule has 2 aliphatic rings. The molecule has 0 unspecified atom stereocenters. The molecule has 2 nitrogen and oxygen atoms in total. The number of ether oxygens (including phenoxy) is 1. The molecule has 3 rings (SSSR count). The number of thiophene rings is 1. The molecule has 0 atom stereocenters. The van der Waals surface area contributed by atoms with Gasteiger partial charge in [0.2, 0.25) is 0 Å². The Morgan fingerprint density at radius 2 is 2.22 bits per heavy atom. The lowest BCUT2D eigenvalue weighted by molar-refractivity contribution is 0.00564. The number of fused-ring (bicyclic) bond motifs is 1. The van der Waals surface area contributed by atoms with Gasteiger partial charge < -0.3 is 4.74 Å². The maximum absolute atomic E-state index is 5.51. The molecule has 0 bridgehead atoms. The first-order valence-electron chi connectivity index (χ1n) is 6.78. The second-order valence-corrected chi connectivity index (χ2v) is 6.92. The minimum Gasteiger partial charge on any atom is -0.381 e. The molecule has 0 spiro atoms. The summed E-state index contributed by atoms with van der Waals surface area (Å²) >= 11 is 6.53. The summed E-state index contributed by atoms with van der Waals surface area (Å²) in [6, 6.07) is 2.30. The van der Waals surface area contributed by atoms with Crippen LogP contribution in [-0.4, -0.2) is 37.0 Å². The minimum atomic E-state index is 0.384. The van der Waals surface area contributed by atoms with Crippen LogP contribution in [-0.2, 0) is 17.7 Å². The van der Waals surface area contributed by atoms with Crippen molar-refractivity contribution in [1.82, 2.24) is 4.90 Å². The molecule has 100 valence electrons. The second kappa shape index (κ2) is 5.53. The van der Waals surface area contributed by atoms with E-state index < -0.39 is 0 Å². The molecule has 0 saturated carbocycles. The molecule has 0 radical (unpaired) electrons. The van der Waals surface area contributed by atoms with Crippen molar-refractivity contribution in [3.8, 4) is 0 Å². The minimum absolute atomic E-state index is 0.384. The maximum Gasteiger partial charge on any atom is 0.0472 e. The van der Waals surface area contributed by atoms with E-state index in [-0.39, 0.29) is 0 Å². The SMILES string of the molecule is SCC1(CN2CCc3sccc3C2)CCOCC1. The number of nitrogens with zero attached hydrogens (tertiary/aromatic N) is 1. The van der Waals surface area contributed by atoms with E-state index in [1.165, 1.54) is 32.4 Å². The lowest BCUT2D eigenvalue weighted by Crippen LogP contribution is -2.44. The Morgan fingerprint density at radius 1 is 1.39 bits per heavy atom. The molecule has 1 aromatic rings. The molecule has 1 fully saturated rings. The average Bonchev–Trinajstić information content (AvgIpc) is 2.87. The van der Waals surface area contributed by atoms with E-state index in [1.807, 2.05) is 11.3 Å². The number of hydrogen-bond acceptors (Lipinski definition) is 4. The van der Waals surface area contributed by atoms with E-state index >= 15 is 0 Å². The smallest absolute Gasteiger partial charge is 0.0472 e. The Hall–Kier alpha value is -0.0300. The number of rotatable bonds is 3. The molecule has 1 saturated heterocycles. The van der Waals surface area contributed by atoms with Crippen molar-refractivity contribution in [1.29, 1.82) is 0 Å². The second-order valence-electron chi connectivity index (χ2n) is 5.60. The summed E-state index contributed by atoms with van der Waals surface area (Å²) in [4.78, 5) is 4.22. The Labute approximate surface area is 119 Å². The van der Waals surface area contributed by atoms with Crippen molar-refractivity contribution in [3.63, 3.8) is 0 Å². The summed E-state index contributed by atoms with van der Waals surface area (Å²) in [6.07, 6.45) is 3.57. The molecule has 0 amide bonds. The van der Waals surface area contributed by atoms with Crippen LogP contribution in [0.2, 0.25) is 0 Å². The number of thiol groups is 1. The largest absolute Gasteiger partial charge is 0.381 e. The fourth-order valence-electron chi connectivity index (χ4n) is 3.09. The fraction of sp³-hybridized carbons (Fsp3) is 0.714. The molecular weight excluding hydrogens is 262 g/mol. The Bertz CT molecular complexity index is 398. The van der Waals surface area contributed by atoms with Crippen LogP contribution in [0.4, 0.5) is 0 Å². The molecule has 0 N–H and O–H groups in total. The van der Waals surface area contributed by atoms with Crippen molar-refractivity contribution >= 4 is 24.0 Å². The van der Waals surface area contributed by atoms with Gasteiger partial charge in [0.05, 0.1) is 0 Å². The van der Waals surface area contributed by atoms with Crippen LogP contribution in [0.3, 0.4) is 0 Å². The van der Waals surface area contributed by atoms with Gasteiger partial charge in [0.25, 0.3) is 0 Å². The summed E-state index contributed by atoms with van der Waals surface area (Å²) < 4.78 is 5.51. The van der Waals surface area contributed by atoms with E-state index in [0.717, 1.165) is 25.5 Å². The van der Waals surface area contributed by atoms with Gasteiger partial charge in [-0.1, -0.05) is 0 Å². The standard InChI is InChI=1S/C14H21NOS2/c17-11-14(3-6-16-7-4-14)10-15-5-1-13-12(9-15)2-8-18-13/h2,8,17H,1,3-7,9-11H2. The van der Waals surface area contributed by atoms with Gasteiger partial charge in [0.15, 0.2) is 0 Å². The monoisotopic (exact) mass is 283 g/mol. The van der Waals surface area contributed by atoms with Gasteiger partial charge in [-0.25, -0.2) is 0 Å². The van der Waals surface area contributed by atoms with Crippen molar-refractivity contribution in [2.24, 2.45) is 5.41 Å². The Kier molecular flexibility index (Phi) is 3.99. The molecule has 4 heteroatoms. The summed E-state index contributed by atoms with van der Waals surface area (Å²) in [5, 5.41) is 2.23. The summed E-state index contributed by atoms with van der Waals surface area (Å²) in [5.41, 5.74) is 1.93. The summed E-state index contributed by atoms with van der Waals surface area (Å²) in [6.45, 7) is 5.37. The van der Waals surface area contributed by atoms with Gasteiger partial charge in [-0.05, 0) is 47.4 Å². The van der Waals surface area contributed by atoms with Crippen LogP contribution >= 0.6 is 24.0 Å². The molecule has 0 aromatic carbocycles. The van der Waals surface area contributed by atoms with Crippen molar-refractivity contribution < 1.29 is 4.74 Å². The van der Waals surface area contributed by atoms with Crippen LogP contribution in [0.25, 0.3) is 0 Å². The highest BCUT2D eigenvalue weighted by atomic mass is 32.1. The lowest BCUT2D eigenvalue weighted by Gasteiger charge is -2.41. The zero-order chi connectivity index (χ0) is 12.4.